The van der Waals surface area contributed by atoms with E-state index < -0.39 is 23.7 Å². The van der Waals surface area contributed by atoms with Gasteiger partial charge in [0, 0.05) is 6.42 Å². The van der Waals surface area contributed by atoms with E-state index in [1.807, 2.05) is 39.0 Å². The van der Waals surface area contributed by atoms with Crippen molar-refractivity contribution in [1.82, 2.24) is 10.2 Å². The van der Waals surface area contributed by atoms with Crippen LogP contribution in [0.15, 0.2) is 42.5 Å². The molecule has 3 rings (SSSR count). The molecule has 0 fully saturated rings. The van der Waals surface area contributed by atoms with Crippen LogP contribution in [0.2, 0.25) is 0 Å². The lowest BCUT2D eigenvalue weighted by molar-refractivity contribution is 0.00148. The minimum absolute atomic E-state index is 0.200. The first-order chi connectivity index (χ1) is 15.6. The van der Waals surface area contributed by atoms with Crippen LogP contribution in [0.3, 0.4) is 0 Å². The Bertz CT molecular complexity index is 981. The van der Waals surface area contributed by atoms with Gasteiger partial charge in [-0.2, -0.15) is 0 Å². The lowest BCUT2D eigenvalue weighted by Gasteiger charge is -2.44. The molecule has 1 amide bonds. The van der Waals surface area contributed by atoms with Gasteiger partial charge in [0.15, 0.2) is 0 Å². The number of nitrogens with zero attached hydrogens (tertiary/aromatic N) is 1. The van der Waals surface area contributed by atoms with Gasteiger partial charge in [-0.3, -0.25) is 10.2 Å². The SMILES string of the molecule is CCCCN[C@H]1Cc2cc(OC)ccc2[C@H](c2ccc(C(=O)O)cc2)N1C(=O)OC(C)(C)C. The molecule has 0 radical (unpaired) electrons. The number of ether oxygens (including phenoxy) is 2. The molecule has 2 aromatic rings. The summed E-state index contributed by atoms with van der Waals surface area (Å²) in [7, 11) is 1.64. The number of carbonyl (C=O) groups is 2. The van der Waals surface area contributed by atoms with Gasteiger partial charge in [-0.15, -0.1) is 0 Å². The largest absolute Gasteiger partial charge is 0.497 e. The number of unbranched alkanes of at least 4 members (excludes halogenated alkanes) is 1. The monoisotopic (exact) mass is 454 g/mol. The molecule has 0 aliphatic carbocycles. The average Bonchev–Trinajstić information content (AvgIpc) is 2.76. The van der Waals surface area contributed by atoms with Gasteiger partial charge in [-0.25, -0.2) is 9.59 Å². The third-order valence-electron chi connectivity index (χ3n) is 5.66. The van der Waals surface area contributed by atoms with E-state index in [9.17, 15) is 14.7 Å². The van der Waals surface area contributed by atoms with Crippen LogP contribution >= 0.6 is 0 Å². The molecule has 7 heteroatoms. The molecule has 1 heterocycles. The van der Waals surface area contributed by atoms with Gasteiger partial charge in [-0.05, 0) is 74.7 Å². The van der Waals surface area contributed by atoms with Crippen LogP contribution in [-0.2, 0) is 11.2 Å². The highest BCUT2D eigenvalue weighted by Gasteiger charge is 2.40. The number of benzene rings is 2. The molecule has 0 unspecified atom stereocenters. The van der Waals surface area contributed by atoms with Gasteiger partial charge >= 0.3 is 12.1 Å². The zero-order valence-corrected chi connectivity index (χ0v) is 20.1. The standard InChI is InChI=1S/C26H34N2O5/c1-6-7-14-27-22-16-19-15-20(32-5)12-13-21(19)23(28(22)25(31)33-26(2,3)4)17-8-10-18(11-9-17)24(29)30/h8-13,15,22-23,27H,6-7,14,16H2,1-5H3,(H,29,30)/t22-,23+/m1/s1. The minimum atomic E-state index is -0.988. The third kappa shape index (κ3) is 5.85. The first kappa shape index (κ1) is 24.6. The fourth-order valence-electron chi connectivity index (χ4n) is 4.10. The highest BCUT2D eigenvalue weighted by molar-refractivity contribution is 5.87. The summed E-state index contributed by atoms with van der Waals surface area (Å²) in [5.74, 6) is -0.231. The molecule has 0 saturated carbocycles. The predicted molar refractivity (Wildman–Crippen MR) is 127 cm³/mol. The quantitative estimate of drug-likeness (QED) is 0.573. The van der Waals surface area contributed by atoms with Crippen LogP contribution in [0.1, 0.15) is 73.6 Å². The number of fused-ring (bicyclic) bond motifs is 1. The fourth-order valence-corrected chi connectivity index (χ4v) is 4.10. The van der Waals surface area contributed by atoms with Gasteiger partial charge < -0.3 is 14.6 Å². The number of rotatable bonds is 7. The summed E-state index contributed by atoms with van der Waals surface area (Å²) in [6, 6.07) is 12.1. The highest BCUT2D eigenvalue weighted by Crippen LogP contribution is 2.39. The van der Waals surface area contributed by atoms with E-state index in [4.69, 9.17) is 9.47 Å². The van der Waals surface area contributed by atoms with Gasteiger partial charge in [0.25, 0.3) is 0 Å². The van der Waals surface area contributed by atoms with Crippen molar-refractivity contribution in [2.75, 3.05) is 13.7 Å². The van der Waals surface area contributed by atoms with E-state index in [0.717, 1.165) is 41.8 Å². The molecule has 178 valence electrons. The number of amides is 1. The van der Waals surface area contributed by atoms with Crippen LogP contribution in [-0.4, -0.2) is 47.5 Å². The zero-order valence-electron chi connectivity index (χ0n) is 20.1. The van der Waals surface area contributed by atoms with E-state index in [0.29, 0.717) is 6.42 Å². The van der Waals surface area contributed by atoms with Gasteiger partial charge in [-0.1, -0.05) is 31.5 Å². The molecular weight excluding hydrogens is 420 g/mol. The van der Waals surface area contributed by atoms with Crippen molar-refractivity contribution in [2.24, 2.45) is 0 Å². The Kier molecular flexibility index (Phi) is 7.64. The second kappa shape index (κ2) is 10.3. The molecule has 33 heavy (non-hydrogen) atoms. The first-order valence-electron chi connectivity index (χ1n) is 11.4. The summed E-state index contributed by atoms with van der Waals surface area (Å²) in [6.07, 6.45) is 1.94. The Balaban J connectivity index is 2.12. The molecule has 0 bridgehead atoms. The minimum Gasteiger partial charge on any atom is -0.497 e. The molecule has 2 N–H and O–H groups in total. The highest BCUT2D eigenvalue weighted by atomic mass is 16.6. The number of carbonyl (C=O) groups excluding carboxylic acids is 1. The predicted octanol–water partition coefficient (Wildman–Crippen LogP) is 4.99. The Labute approximate surface area is 195 Å². The van der Waals surface area contributed by atoms with Gasteiger partial charge in [0.2, 0.25) is 0 Å². The normalized spacial score (nSPS) is 17.9. The Morgan fingerprint density at radius 1 is 1.15 bits per heavy atom. The lowest BCUT2D eigenvalue weighted by atomic mass is 9.86. The van der Waals surface area contributed by atoms with Crippen LogP contribution < -0.4 is 10.1 Å². The van der Waals surface area contributed by atoms with E-state index >= 15 is 0 Å². The maximum atomic E-state index is 13.5. The lowest BCUT2D eigenvalue weighted by Crippen LogP contribution is -2.55. The topological polar surface area (TPSA) is 88.1 Å². The van der Waals surface area contributed by atoms with Crippen molar-refractivity contribution in [2.45, 2.75) is 64.8 Å². The summed E-state index contributed by atoms with van der Waals surface area (Å²) >= 11 is 0. The molecular formula is C26H34N2O5. The maximum Gasteiger partial charge on any atom is 0.412 e. The molecule has 2 aromatic carbocycles. The second-order valence-electron chi connectivity index (χ2n) is 9.31. The molecule has 1 aliphatic rings. The van der Waals surface area contributed by atoms with E-state index in [1.54, 1.807) is 36.3 Å². The van der Waals surface area contributed by atoms with Crippen LogP contribution in [0.4, 0.5) is 4.79 Å². The number of aromatic carboxylic acids is 1. The molecule has 2 atom stereocenters. The maximum absolute atomic E-state index is 13.5. The Morgan fingerprint density at radius 3 is 2.42 bits per heavy atom. The van der Waals surface area contributed by atoms with Crippen molar-refractivity contribution >= 4 is 12.1 Å². The fraction of sp³-hybridized carbons (Fsp3) is 0.462. The van der Waals surface area contributed by atoms with Crippen LogP contribution in [0.5, 0.6) is 5.75 Å². The number of carboxylic acid groups (broad SMARTS) is 1. The van der Waals surface area contributed by atoms with Crippen LogP contribution in [0, 0.1) is 0 Å². The summed E-state index contributed by atoms with van der Waals surface area (Å²) in [5, 5.41) is 12.9. The number of hydrogen-bond acceptors (Lipinski definition) is 5. The average molecular weight is 455 g/mol. The molecule has 0 saturated heterocycles. The van der Waals surface area contributed by atoms with E-state index in [1.165, 1.54) is 0 Å². The van der Waals surface area contributed by atoms with Crippen molar-refractivity contribution < 1.29 is 24.2 Å². The van der Waals surface area contributed by atoms with Gasteiger partial charge in [0.1, 0.15) is 11.4 Å². The number of carboxylic acids is 1. The third-order valence-corrected chi connectivity index (χ3v) is 5.66. The van der Waals surface area contributed by atoms with Crippen molar-refractivity contribution in [3.8, 4) is 5.75 Å². The number of methoxy groups -OCH3 is 1. The zero-order chi connectivity index (χ0) is 24.2. The van der Waals surface area contributed by atoms with Crippen molar-refractivity contribution in [3.63, 3.8) is 0 Å². The van der Waals surface area contributed by atoms with E-state index in [-0.39, 0.29) is 11.7 Å². The molecule has 7 nitrogen and oxygen atoms in total. The molecule has 0 aromatic heterocycles. The summed E-state index contributed by atoms with van der Waals surface area (Å²) in [4.78, 5) is 26.6. The molecule has 1 aliphatic heterocycles. The Hall–Kier alpha value is -3.06. The van der Waals surface area contributed by atoms with Crippen molar-refractivity contribution in [3.05, 3.63) is 64.7 Å². The van der Waals surface area contributed by atoms with E-state index in [2.05, 4.69) is 12.2 Å². The smallest absolute Gasteiger partial charge is 0.412 e. The summed E-state index contributed by atoms with van der Waals surface area (Å²) in [5.41, 5.74) is 2.42. The van der Waals surface area contributed by atoms with Crippen LogP contribution in [0.25, 0.3) is 0 Å². The summed E-state index contributed by atoms with van der Waals surface area (Å²) in [6.45, 7) is 8.45. The Morgan fingerprint density at radius 2 is 1.85 bits per heavy atom. The van der Waals surface area contributed by atoms with Crippen molar-refractivity contribution in [1.29, 1.82) is 0 Å². The summed E-state index contributed by atoms with van der Waals surface area (Å²) < 4.78 is 11.3. The first-order valence-corrected chi connectivity index (χ1v) is 11.4. The van der Waals surface area contributed by atoms with Gasteiger partial charge in [0.05, 0.1) is 24.9 Å². The molecule has 0 spiro atoms. The number of nitrogens with one attached hydrogen (secondary N) is 1. The number of hydrogen-bond donors (Lipinski definition) is 2. The second-order valence-corrected chi connectivity index (χ2v) is 9.31.